The Morgan fingerprint density at radius 2 is 1.81 bits per heavy atom. The van der Waals surface area contributed by atoms with Gasteiger partial charge in [0.25, 0.3) is 5.91 Å². The van der Waals surface area contributed by atoms with Crippen molar-refractivity contribution in [3.05, 3.63) is 75.9 Å². The van der Waals surface area contributed by atoms with Gasteiger partial charge in [-0.05, 0) is 37.6 Å². The summed E-state index contributed by atoms with van der Waals surface area (Å²) in [4.78, 5) is 34.5. The molecule has 0 bridgehead atoms. The Morgan fingerprint density at radius 1 is 1.11 bits per heavy atom. The number of hydrogen-bond donors (Lipinski definition) is 0. The molecule has 0 saturated heterocycles. The summed E-state index contributed by atoms with van der Waals surface area (Å²) in [5, 5.41) is 0.279. The molecule has 0 spiro atoms. The second kappa shape index (κ2) is 11.3. The Morgan fingerprint density at radius 3 is 2.35 bits per heavy atom. The van der Waals surface area contributed by atoms with Crippen LogP contribution in [0.15, 0.2) is 42.7 Å². The number of ether oxygens (including phenoxy) is 2. The van der Waals surface area contributed by atoms with Gasteiger partial charge in [-0.3, -0.25) is 4.79 Å². The predicted octanol–water partition coefficient (Wildman–Crippen LogP) is 6.66. The molecule has 1 amide bonds. The number of pyridine rings is 2. The zero-order valence-electron chi connectivity index (χ0n) is 19.6. The normalized spacial score (nSPS) is 11.4. The minimum Gasteiger partial charge on any atom is -0.465 e. The molecule has 0 fully saturated rings. The van der Waals surface area contributed by atoms with Crippen molar-refractivity contribution in [1.82, 2.24) is 9.97 Å². The lowest BCUT2D eigenvalue weighted by Crippen LogP contribution is -2.38. The molecule has 7 nitrogen and oxygen atoms in total. The average Bonchev–Trinajstić information content (AvgIpc) is 2.84. The second-order valence-electron chi connectivity index (χ2n) is 7.85. The van der Waals surface area contributed by atoms with E-state index < -0.39 is 47.1 Å². The number of benzene rings is 1. The quantitative estimate of drug-likeness (QED) is 0.183. The Bertz CT molecular complexity index is 1320. The Kier molecular flexibility index (Phi) is 8.60. The maximum absolute atomic E-state index is 15.2. The summed E-state index contributed by atoms with van der Waals surface area (Å²) in [7, 11) is 1.05. The van der Waals surface area contributed by atoms with Gasteiger partial charge in [-0.2, -0.15) is 13.2 Å². The number of alkyl halides is 4. The van der Waals surface area contributed by atoms with Crippen molar-refractivity contribution in [3.63, 3.8) is 0 Å². The van der Waals surface area contributed by atoms with Gasteiger partial charge in [0, 0.05) is 36.4 Å². The molecule has 2 aromatic heterocycles. The van der Waals surface area contributed by atoms with E-state index in [4.69, 9.17) is 32.7 Å². The Hall–Kier alpha value is -3.44. The molecule has 1 aromatic carbocycles. The fraction of sp³-hybridized carbons (Fsp3) is 0.250. The van der Waals surface area contributed by atoms with Gasteiger partial charge in [0.2, 0.25) is 5.88 Å². The van der Waals surface area contributed by atoms with Crippen LogP contribution >= 0.6 is 23.2 Å². The van der Waals surface area contributed by atoms with Crippen molar-refractivity contribution in [2.24, 2.45) is 0 Å². The molecule has 2 heterocycles. The van der Waals surface area contributed by atoms with Crippen LogP contribution in [0.4, 0.5) is 23.2 Å². The summed E-state index contributed by atoms with van der Waals surface area (Å²) in [5.41, 5.74) is -1.83. The number of carbonyl (C=O) groups is 2. The first-order valence-electron chi connectivity index (χ1n) is 10.5. The van der Waals surface area contributed by atoms with Crippen LogP contribution in [0.2, 0.25) is 5.02 Å². The molecular formula is C24H19Cl2F4N3O4. The standard InChI is InChI=1S/C24H19Cl2F4N3O4/c1-12(2)33(22(34)18-5-4-14(26)11-31-18)19-8-17(27)20(7-15(19)23(35)36-3)37-21-16(24(28,29)30)6-13(9-25)10-32-21/h4-8,10-12H,9H2,1-3H3. The van der Waals surface area contributed by atoms with E-state index in [1.54, 1.807) is 13.8 Å². The number of hydrogen-bond acceptors (Lipinski definition) is 6. The maximum Gasteiger partial charge on any atom is 0.421 e. The van der Waals surface area contributed by atoms with Crippen LogP contribution in [0.1, 0.15) is 45.8 Å². The van der Waals surface area contributed by atoms with E-state index in [9.17, 15) is 22.8 Å². The van der Waals surface area contributed by atoms with Crippen LogP contribution < -0.4 is 9.64 Å². The molecule has 37 heavy (non-hydrogen) atoms. The van der Waals surface area contributed by atoms with Crippen molar-refractivity contribution in [1.29, 1.82) is 0 Å². The van der Waals surface area contributed by atoms with E-state index >= 15 is 4.39 Å². The molecule has 0 aliphatic carbocycles. The molecule has 196 valence electrons. The molecule has 0 N–H and O–H groups in total. The van der Waals surface area contributed by atoms with Crippen molar-refractivity contribution in [3.8, 4) is 11.6 Å². The number of carbonyl (C=O) groups excluding carboxylic acids is 2. The molecule has 0 atom stereocenters. The topological polar surface area (TPSA) is 81.6 Å². The number of rotatable bonds is 7. The zero-order valence-corrected chi connectivity index (χ0v) is 21.1. The van der Waals surface area contributed by atoms with Crippen molar-refractivity contribution >= 4 is 40.8 Å². The minimum atomic E-state index is -4.89. The fourth-order valence-corrected chi connectivity index (χ4v) is 3.56. The van der Waals surface area contributed by atoms with E-state index in [0.717, 1.165) is 36.4 Å². The molecule has 0 unspecified atom stereocenters. The largest absolute Gasteiger partial charge is 0.465 e. The minimum absolute atomic E-state index is 0.0481. The van der Waals surface area contributed by atoms with Gasteiger partial charge in [-0.1, -0.05) is 11.6 Å². The summed E-state index contributed by atoms with van der Waals surface area (Å²) in [5.74, 6) is -4.80. The van der Waals surface area contributed by atoms with E-state index in [-0.39, 0.29) is 33.4 Å². The van der Waals surface area contributed by atoms with Crippen LogP contribution in [0, 0.1) is 5.82 Å². The highest BCUT2D eigenvalue weighted by molar-refractivity contribution is 6.30. The molecule has 0 aliphatic heterocycles. The van der Waals surface area contributed by atoms with Gasteiger partial charge in [0.15, 0.2) is 11.6 Å². The monoisotopic (exact) mass is 559 g/mol. The number of nitrogens with zero attached hydrogens (tertiary/aromatic N) is 3. The van der Waals surface area contributed by atoms with Crippen LogP contribution in [-0.4, -0.2) is 35.0 Å². The molecule has 13 heteroatoms. The molecule has 3 rings (SSSR count). The van der Waals surface area contributed by atoms with Gasteiger partial charge in [-0.15, -0.1) is 11.6 Å². The number of methoxy groups -OCH3 is 1. The van der Waals surface area contributed by atoms with Crippen molar-refractivity contribution in [2.45, 2.75) is 31.9 Å². The van der Waals surface area contributed by atoms with Crippen LogP contribution in [0.3, 0.4) is 0 Å². The Balaban J connectivity index is 2.14. The highest BCUT2D eigenvalue weighted by atomic mass is 35.5. The van der Waals surface area contributed by atoms with Gasteiger partial charge in [-0.25, -0.2) is 19.2 Å². The predicted molar refractivity (Wildman–Crippen MR) is 128 cm³/mol. The van der Waals surface area contributed by atoms with Gasteiger partial charge in [0.05, 0.1) is 23.4 Å². The van der Waals surface area contributed by atoms with Gasteiger partial charge >= 0.3 is 12.1 Å². The summed E-state index contributed by atoms with van der Waals surface area (Å²) in [6.07, 6.45) is -2.60. The zero-order chi connectivity index (χ0) is 27.5. The molecule has 0 aliphatic rings. The number of anilines is 1. The van der Waals surface area contributed by atoms with Crippen LogP contribution in [-0.2, 0) is 16.8 Å². The van der Waals surface area contributed by atoms with E-state index in [2.05, 4.69) is 9.97 Å². The first kappa shape index (κ1) is 28.1. The summed E-state index contributed by atoms with van der Waals surface area (Å²) in [6, 6.07) is 4.52. The molecular weight excluding hydrogens is 541 g/mol. The smallest absolute Gasteiger partial charge is 0.421 e. The van der Waals surface area contributed by atoms with E-state index in [0.29, 0.717) is 0 Å². The molecule has 0 saturated carbocycles. The number of halogens is 6. The maximum atomic E-state index is 15.2. The first-order chi connectivity index (χ1) is 17.4. The van der Waals surface area contributed by atoms with Crippen LogP contribution in [0.5, 0.6) is 11.6 Å². The van der Waals surface area contributed by atoms with Gasteiger partial charge in [0.1, 0.15) is 11.3 Å². The van der Waals surface area contributed by atoms with E-state index in [1.807, 2.05) is 0 Å². The lowest BCUT2D eigenvalue weighted by molar-refractivity contribution is -0.139. The third-order valence-corrected chi connectivity index (χ3v) is 5.50. The third kappa shape index (κ3) is 6.28. The lowest BCUT2D eigenvalue weighted by atomic mass is 10.1. The number of amides is 1. The molecule has 0 radical (unpaired) electrons. The van der Waals surface area contributed by atoms with Crippen LogP contribution in [0.25, 0.3) is 0 Å². The van der Waals surface area contributed by atoms with E-state index in [1.165, 1.54) is 18.3 Å². The SMILES string of the molecule is COC(=O)c1cc(Oc2ncc(CCl)cc2C(F)(F)F)c(F)cc1N(C(=O)c1ccc(Cl)cn1)C(C)C. The van der Waals surface area contributed by atoms with Gasteiger partial charge < -0.3 is 14.4 Å². The second-order valence-corrected chi connectivity index (χ2v) is 8.56. The third-order valence-electron chi connectivity index (χ3n) is 4.97. The first-order valence-corrected chi connectivity index (χ1v) is 11.5. The molecule has 3 aromatic rings. The average molecular weight is 560 g/mol. The fourth-order valence-electron chi connectivity index (χ4n) is 3.30. The van der Waals surface area contributed by atoms with Crippen molar-refractivity contribution < 1.29 is 36.6 Å². The highest BCUT2D eigenvalue weighted by Crippen LogP contribution is 2.39. The summed E-state index contributed by atoms with van der Waals surface area (Å²) >= 11 is 11.4. The number of aromatic nitrogens is 2. The summed E-state index contributed by atoms with van der Waals surface area (Å²) in [6.45, 7) is 3.21. The lowest BCUT2D eigenvalue weighted by Gasteiger charge is -2.28. The number of esters is 1. The summed E-state index contributed by atoms with van der Waals surface area (Å²) < 4.78 is 65.9. The van der Waals surface area contributed by atoms with Crippen molar-refractivity contribution in [2.75, 3.05) is 12.0 Å². The highest BCUT2D eigenvalue weighted by Gasteiger charge is 2.36. The Labute approximate surface area is 218 Å².